The van der Waals surface area contributed by atoms with E-state index in [4.69, 9.17) is 17.1 Å². The summed E-state index contributed by atoms with van der Waals surface area (Å²) >= 11 is 5.88. The van der Waals surface area contributed by atoms with Crippen LogP contribution in [0.15, 0.2) is 14.8 Å². The smallest absolute Gasteiger partial charge is 0.258 e. The van der Waals surface area contributed by atoms with Crippen LogP contribution in [-0.2, 0) is 10.0 Å². The normalized spacial score (nSPS) is 10.7. The molecule has 0 aromatic carbocycles. The predicted molar refractivity (Wildman–Crippen MR) is 52.3 cm³/mol. The van der Waals surface area contributed by atoms with Crippen molar-refractivity contribution in [2.24, 2.45) is 4.52 Å². The Kier molecular flexibility index (Phi) is 3.15. The van der Waals surface area contributed by atoms with Gasteiger partial charge >= 0.3 is 0 Å². The first-order valence-electron chi connectivity index (χ1n) is 3.13. The molecule has 0 saturated heterocycles. The lowest BCUT2D eigenvalue weighted by Crippen LogP contribution is -1.91. The van der Waals surface area contributed by atoms with E-state index < -0.39 is 24.8 Å². The third kappa shape index (κ3) is 2.36. The molecule has 0 bridgehead atoms. The van der Waals surface area contributed by atoms with E-state index in [1.165, 1.54) is 0 Å². The van der Waals surface area contributed by atoms with E-state index in [1.54, 1.807) is 0 Å². The van der Waals surface area contributed by atoms with Crippen molar-refractivity contribution in [3.05, 3.63) is 31.0 Å². The second-order valence-electron chi connectivity index (χ2n) is 2.13. The molecule has 1 heterocycles. The molecule has 0 aliphatic rings. The predicted octanol–water partition coefficient (Wildman–Crippen LogP) is 2.31. The Labute approximate surface area is 91.9 Å². The molecule has 1 rings (SSSR count). The molecule has 0 amide bonds. The average Bonchev–Trinajstić information content (AvgIpc) is 2.47. The van der Waals surface area contributed by atoms with E-state index in [2.05, 4.69) is 9.43 Å². The summed E-state index contributed by atoms with van der Waals surface area (Å²) in [5, 5.41) is 10.3. The van der Waals surface area contributed by atoms with Gasteiger partial charge in [-0.25, -0.2) is 8.42 Å². The van der Waals surface area contributed by atoms with E-state index in [9.17, 15) is 18.5 Å². The van der Waals surface area contributed by atoms with Crippen molar-refractivity contribution in [2.75, 3.05) is 0 Å². The van der Waals surface area contributed by atoms with Gasteiger partial charge in [-0.3, -0.25) is 10.1 Å². The Morgan fingerprint density at radius 3 is 2.67 bits per heavy atom. The molecule has 1 aromatic rings. The summed E-state index contributed by atoms with van der Waals surface area (Å²) in [5.41, 5.74) is 7.43. The number of hydrogen-bond acceptors (Lipinski definition) is 5. The quantitative estimate of drug-likeness (QED) is 0.274. The van der Waals surface area contributed by atoms with Crippen molar-refractivity contribution < 1.29 is 13.3 Å². The topological polar surface area (TPSA) is 126 Å². The van der Waals surface area contributed by atoms with Crippen molar-refractivity contribution in [3.63, 3.8) is 0 Å². The largest absolute Gasteiger partial charge is 0.300 e. The highest BCUT2D eigenvalue weighted by atomic mass is 35.5. The molecule has 0 N–H and O–H groups in total. The highest BCUT2D eigenvalue weighted by molar-refractivity contribution is 7.92. The van der Waals surface area contributed by atoms with Crippen LogP contribution in [0.4, 0.5) is 5.69 Å². The van der Waals surface area contributed by atoms with Crippen molar-refractivity contribution in [1.82, 2.24) is 0 Å². The maximum absolute atomic E-state index is 11.1. The van der Waals surface area contributed by atoms with Gasteiger partial charge in [-0.1, -0.05) is 11.6 Å². The number of nitro groups is 1. The summed E-state index contributed by atoms with van der Waals surface area (Å²) in [7, 11) is -4.21. The van der Waals surface area contributed by atoms with E-state index >= 15 is 0 Å². The average molecular weight is 269 g/mol. The zero-order chi connectivity index (χ0) is 11.6. The Morgan fingerprint density at radius 1 is 1.67 bits per heavy atom. The Hall–Kier alpha value is -1.35. The molecule has 1 aromatic heterocycles. The minimum atomic E-state index is -4.21. The van der Waals surface area contributed by atoms with Crippen LogP contribution >= 0.6 is 22.9 Å². The van der Waals surface area contributed by atoms with Crippen LogP contribution in [0.25, 0.3) is 10.4 Å². The first kappa shape index (κ1) is 11.7. The van der Waals surface area contributed by atoms with E-state index in [-0.39, 0.29) is 4.34 Å². The van der Waals surface area contributed by atoms with E-state index in [1.807, 2.05) is 0 Å². The summed E-state index contributed by atoms with van der Waals surface area (Å²) in [6.07, 6.45) is 0. The number of sulfonamides is 1. The summed E-state index contributed by atoms with van der Waals surface area (Å²) in [6, 6.07) is 0.747. The van der Waals surface area contributed by atoms with E-state index in [0.29, 0.717) is 11.3 Å². The molecule has 11 heteroatoms. The lowest BCUT2D eigenvalue weighted by molar-refractivity contribution is -0.384. The molecule has 0 fully saturated rings. The summed E-state index contributed by atoms with van der Waals surface area (Å²) in [4.78, 5) is 11.6. The van der Waals surface area contributed by atoms with Crippen molar-refractivity contribution in [3.8, 4) is 0 Å². The van der Waals surface area contributed by atoms with Gasteiger partial charge in [0, 0.05) is 15.5 Å². The molecule has 0 saturated carbocycles. The Balaban J connectivity index is 3.37. The number of hydrogen-bond donors (Lipinski definition) is 0. The summed E-state index contributed by atoms with van der Waals surface area (Å²) in [6.45, 7) is 0. The number of halogens is 1. The molecular weight excluding hydrogens is 268 g/mol. The molecule has 0 aliphatic heterocycles. The van der Waals surface area contributed by atoms with Gasteiger partial charge in [-0.15, -0.1) is 11.3 Å². The fraction of sp³-hybridized carbons (Fsp3) is 0. The van der Waals surface area contributed by atoms with Gasteiger partial charge in [-0.2, -0.15) is 0 Å². The second kappa shape index (κ2) is 4.03. The van der Waals surface area contributed by atoms with Gasteiger partial charge in [-0.05, 0) is 5.53 Å². The second-order valence-corrected chi connectivity index (χ2v) is 5.59. The van der Waals surface area contributed by atoms with Crippen molar-refractivity contribution in [1.29, 1.82) is 0 Å². The number of thiophene rings is 1. The van der Waals surface area contributed by atoms with Crippen molar-refractivity contribution >= 4 is 38.6 Å². The SMILES string of the molecule is [N-]=[N+]=NS(=O)(=O)c1cc([N+](=O)[O-])c(Cl)s1. The molecule has 0 aliphatic carbocycles. The summed E-state index contributed by atoms with van der Waals surface area (Å²) < 4.78 is 24.0. The number of azide groups is 1. The minimum Gasteiger partial charge on any atom is -0.258 e. The Morgan fingerprint density at radius 2 is 2.27 bits per heavy atom. The lowest BCUT2D eigenvalue weighted by atomic mass is 10.6. The maximum atomic E-state index is 11.1. The van der Waals surface area contributed by atoms with Gasteiger partial charge in [0.2, 0.25) is 0 Å². The van der Waals surface area contributed by atoms with Crippen LogP contribution in [0, 0.1) is 10.1 Å². The molecule has 0 spiro atoms. The molecule has 8 nitrogen and oxygen atoms in total. The first-order chi connectivity index (χ1) is 6.88. The van der Waals surface area contributed by atoms with Crippen LogP contribution in [0.3, 0.4) is 0 Å². The van der Waals surface area contributed by atoms with Crippen LogP contribution < -0.4 is 0 Å². The van der Waals surface area contributed by atoms with Gasteiger partial charge in [0.25, 0.3) is 15.7 Å². The van der Waals surface area contributed by atoms with Gasteiger partial charge in [0.05, 0.1) is 4.92 Å². The zero-order valence-corrected chi connectivity index (χ0v) is 9.08. The monoisotopic (exact) mass is 268 g/mol. The van der Waals surface area contributed by atoms with Gasteiger partial charge in [0.1, 0.15) is 4.21 Å². The van der Waals surface area contributed by atoms with Crippen LogP contribution in [0.5, 0.6) is 0 Å². The first-order valence-corrected chi connectivity index (χ1v) is 5.77. The van der Waals surface area contributed by atoms with Crippen LogP contribution in [0.2, 0.25) is 4.34 Å². The molecule has 15 heavy (non-hydrogen) atoms. The highest BCUT2D eigenvalue weighted by Gasteiger charge is 2.24. The molecule has 80 valence electrons. The third-order valence-electron chi connectivity index (χ3n) is 1.24. The van der Waals surface area contributed by atoms with Crippen LogP contribution in [-0.4, -0.2) is 13.3 Å². The molecular formula is C4HClN4O4S2. The standard InChI is InChI=1S/C4HClN4O4S2/c5-4-2(9(10)11)1-3(14-4)15(12,13)8-7-6/h1H. The zero-order valence-electron chi connectivity index (χ0n) is 6.69. The number of rotatable bonds is 3. The van der Waals surface area contributed by atoms with Crippen molar-refractivity contribution in [2.45, 2.75) is 4.21 Å². The maximum Gasteiger partial charge on any atom is 0.300 e. The summed E-state index contributed by atoms with van der Waals surface area (Å²) in [5.74, 6) is 0. The fourth-order valence-electron chi connectivity index (χ4n) is 0.678. The number of nitrogens with zero attached hydrogens (tertiary/aromatic N) is 4. The minimum absolute atomic E-state index is 0.285. The molecule has 0 atom stereocenters. The fourth-order valence-corrected chi connectivity index (χ4v) is 2.98. The van der Waals surface area contributed by atoms with Gasteiger partial charge in [0.15, 0.2) is 4.34 Å². The lowest BCUT2D eigenvalue weighted by Gasteiger charge is -1.86. The highest BCUT2D eigenvalue weighted by Crippen LogP contribution is 2.36. The van der Waals surface area contributed by atoms with E-state index in [0.717, 1.165) is 6.07 Å². The molecule has 0 radical (unpaired) electrons. The third-order valence-corrected chi connectivity index (χ3v) is 4.17. The Bertz CT molecular complexity index is 557. The van der Waals surface area contributed by atoms with Crippen LogP contribution in [0.1, 0.15) is 0 Å². The van der Waals surface area contributed by atoms with Gasteiger partial charge < -0.3 is 0 Å². The molecule has 0 unspecified atom stereocenters.